The maximum atomic E-state index is 12.6. The van der Waals surface area contributed by atoms with Crippen LogP contribution in [0.5, 0.6) is 5.75 Å². The van der Waals surface area contributed by atoms with Crippen molar-refractivity contribution in [1.29, 1.82) is 0 Å². The van der Waals surface area contributed by atoms with Gasteiger partial charge in [-0.15, -0.1) is 21.5 Å². The molecule has 5 aromatic rings. The van der Waals surface area contributed by atoms with E-state index in [0.29, 0.717) is 22.4 Å². The van der Waals surface area contributed by atoms with Crippen LogP contribution in [0.3, 0.4) is 0 Å². The zero-order valence-corrected chi connectivity index (χ0v) is 24.0. The zero-order chi connectivity index (χ0) is 28.1. The third kappa shape index (κ3) is 6.79. The summed E-state index contributed by atoms with van der Waals surface area (Å²) >= 11 is 4.41. The molecule has 0 aliphatic rings. The number of hydrogen-bond donors (Lipinski definition) is 1. The lowest BCUT2D eigenvalue weighted by molar-refractivity contribution is -0.384. The van der Waals surface area contributed by atoms with Crippen molar-refractivity contribution in [2.45, 2.75) is 28.8 Å². The maximum absolute atomic E-state index is 12.6. The molecule has 0 spiro atoms. The van der Waals surface area contributed by atoms with Gasteiger partial charge in [-0.25, -0.2) is 4.98 Å². The normalized spacial score (nSPS) is 11.1. The number of aromatic nitrogens is 4. The average Bonchev–Trinajstić information content (AvgIpc) is 3.52. The Kier molecular flexibility index (Phi) is 8.63. The van der Waals surface area contributed by atoms with E-state index in [0.717, 1.165) is 31.4 Å². The Morgan fingerprint density at radius 3 is 2.67 bits per heavy atom. The predicted octanol–water partition coefficient (Wildman–Crippen LogP) is 6.24. The molecule has 0 saturated heterocycles. The molecule has 1 N–H and O–H groups in total. The first-order valence-electron chi connectivity index (χ1n) is 12.1. The minimum atomic E-state index is -0.407. The van der Waals surface area contributed by atoms with Crippen LogP contribution in [0.15, 0.2) is 76.2 Å². The predicted molar refractivity (Wildman–Crippen MR) is 158 cm³/mol. The second-order valence-electron chi connectivity index (χ2n) is 8.72. The van der Waals surface area contributed by atoms with Gasteiger partial charge in [0.1, 0.15) is 12.4 Å². The number of anilines is 1. The first-order chi connectivity index (χ1) is 19.4. The number of non-ortho nitro benzene ring substituents is 1. The summed E-state index contributed by atoms with van der Waals surface area (Å²) < 4.78 is 9.54. The fraction of sp³-hybridized carbons (Fsp3) is 0.185. The van der Waals surface area contributed by atoms with E-state index >= 15 is 0 Å². The number of thioether (sulfide) groups is 2. The molecule has 0 aliphatic carbocycles. The van der Waals surface area contributed by atoms with Crippen LogP contribution >= 0.6 is 34.9 Å². The van der Waals surface area contributed by atoms with E-state index in [4.69, 9.17) is 4.74 Å². The van der Waals surface area contributed by atoms with Crippen molar-refractivity contribution in [2.24, 2.45) is 7.05 Å². The average molecular weight is 593 g/mol. The van der Waals surface area contributed by atoms with E-state index in [1.54, 1.807) is 23.9 Å². The van der Waals surface area contributed by atoms with Crippen LogP contribution in [0.25, 0.3) is 10.2 Å². The first-order valence-corrected chi connectivity index (χ1v) is 14.9. The number of carbonyl (C=O) groups excluding carboxylic acids is 1. The van der Waals surface area contributed by atoms with Gasteiger partial charge in [0.05, 0.1) is 20.9 Å². The molecule has 40 heavy (non-hydrogen) atoms. The van der Waals surface area contributed by atoms with E-state index in [2.05, 4.69) is 20.5 Å². The zero-order valence-electron chi connectivity index (χ0n) is 21.6. The monoisotopic (exact) mass is 592 g/mol. The van der Waals surface area contributed by atoms with E-state index in [1.165, 1.54) is 35.2 Å². The quantitative estimate of drug-likeness (QED) is 0.108. The number of nitrogens with zero attached hydrogens (tertiary/aromatic N) is 5. The van der Waals surface area contributed by atoms with Crippen LogP contribution in [0.4, 0.5) is 11.4 Å². The number of carbonyl (C=O) groups is 1. The van der Waals surface area contributed by atoms with Gasteiger partial charge in [-0.05, 0) is 42.3 Å². The summed E-state index contributed by atoms with van der Waals surface area (Å²) in [4.78, 5) is 27.7. The number of fused-ring (bicyclic) bond motifs is 1. The summed E-state index contributed by atoms with van der Waals surface area (Å²) in [6, 6.07) is 19.9. The Balaban J connectivity index is 1.13. The number of aryl methyl sites for hydroxylation is 1. The molecule has 5 rings (SSSR count). The van der Waals surface area contributed by atoms with Gasteiger partial charge in [-0.2, -0.15) is 0 Å². The lowest BCUT2D eigenvalue weighted by atomic mass is 10.2. The number of benzene rings is 3. The number of amides is 1. The molecule has 13 heteroatoms. The molecule has 10 nitrogen and oxygen atoms in total. The maximum Gasteiger partial charge on any atom is 0.269 e. The Hall–Kier alpha value is -3.94. The number of nitro benzene ring substituents is 1. The fourth-order valence-corrected chi connectivity index (χ4v) is 6.48. The van der Waals surface area contributed by atoms with E-state index in [1.807, 2.05) is 61.0 Å². The fourth-order valence-electron chi connectivity index (χ4n) is 3.69. The molecule has 1 amide bonds. The summed E-state index contributed by atoms with van der Waals surface area (Å²) in [6.45, 7) is 2.27. The first kappa shape index (κ1) is 27.6. The van der Waals surface area contributed by atoms with Gasteiger partial charge in [0.15, 0.2) is 15.3 Å². The summed E-state index contributed by atoms with van der Waals surface area (Å²) in [5.41, 5.74) is 3.65. The van der Waals surface area contributed by atoms with Crippen molar-refractivity contribution in [2.75, 3.05) is 11.1 Å². The third-order valence-corrected chi connectivity index (χ3v) is 9.12. The molecule has 2 heterocycles. The molecule has 0 aliphatic heterocycles. The van der Waals surface area contributed by atoms with E-state index < -0.39 is 4.92 Å². The number of para-hydroxylation sites is 1. The number of nitrogens with one attached hydrogen (secondary N) is 1. The van der Waals surface area contributed by atoms with Crippen molar-refractivity contribution < 1.29 is 14.5 Å². The van der Waals surface area contributed by atoms with Crippen LogP contribution in [0, 0.1) is 17.0 Å². The molecule has 0 radical (unpaired) electrons. The Morgan fingerprint density at radius 1 is 1.10 bits per heavy atom. The number of ether oxygens (including phenoxy) is 1. The minimum Gasteiger partial charge on any atom is -0.485 e. The second kappa shape index (κ2) is 12.5. The van der Waals surface area contributed by atoms with Crippen molar-refractivity contribution in [3.8, 4) is 5.75 Å². The molecular weight excluding hydrogens is 569 g/mol. The highest BCUT2D eigenvalue weighted by atomic mass is 32.2. The van der Waals surface area contributed by atoms with Crippen LogP contribution in [0.2, 0.25) is 0 Å². The van der Waals surface area contributed by atoms with Gasteiger partial charge in [0.25, 0.3) is 5.69 Å². The van der Waals surface area contributed by atoms with Crippen LogP contribution in [-0.4, -0.2) is 36.3 Å². The van der Waals surface area contributed by atoms with E-state index in [-0.39, 0.29) is 24.0 Å². The summed E-state index contributed by atoms with van der Waals surface area (Å²) in [6.07, 6.45) is 0. The van der Waals surface area contributed by atoms with Gasteiger partial charge in [-0.1, -0.05) is 53.9 Å². The number of rotatable bonds is 11. The van der Waals surface area contributed by atoms with Gasteiger partial charge >= 0.3 is 0 Å². The summed E-state index contributed by atoms with van der Waals surface area (Å²) in [5.74, 6) is 2.15. The van der Waals surface area contributed by atoms with Crippen molar-refractivity contribution in [3.63, 3.8) is 0 Å². The van der Waals surface area contributed by atoms with Crippen molar-refractivity contribution in [3.05, 3.63) is 93.8 Å². The summed E-state index contributed by atoms with van der Waals surface area (Å²) in [5, 5.41) is 22.8. The lowest BCUT2D eigenvalue weighted by Crippen LogP contribution is -2.14. The Morgan fingerprint density at radius 2 is 1.90 bits per heavy atom. The van der Waals surface area contributed by atoms with Crippen molar-refractivity contribution >= 4 is 62.4 Å². The van der Waals surface area contributed by atoms with Crippen LogP contribution in [-0.2, 0) is 24.2 Å². The molecule has 3 aromatic carbocycles. The van der Waals surface area contributed by atoms with Crippen LogP contribution < -0.4 is 10.1 Å². The highest BCUT2D eigenvalue weighted by molar-refractivity contribution is 8.00. The standard InChI is InChI=1S/C27H24N6O4S3/c1-17-5-3-4-6-22(17)37-14-24-30-31-26(32(24)2)38-16-25(34)28-19-9-12-21-23(13-19)40-27(29-21)39-15-18-7-10-20(11-8-18)33(35)36/h3-13H,14-16H2,1-2H3,(H,28,34). The highest BCUT2D eigenvalue weighted by Gasteiger charge is 2.14. The molecule has 2 aromatic heterocycles. The summed E-state index contributed by atoms with van der Waals surface area (Å²) in [7, 11) is 1.85. The van der Waals surface area contributed by atoms with E-state index in [9.17, 15) is 14.9 Å². The number of hydrogen-bond acceptors (Lipinski definition) is 10. The number of nitro groups is 1. The Labute approximate surface area is 242 Å². The minimum absolute atomic E-state index is 0.0755. The molecule has 0 fully saturated rings. The lowest BCUT2D eigenvalue weighted by Gasteiger charge is -2.08. The molecular formula is C27H24N6O4S3. The molecule has 0 saturated carbocycles. The molecule has 0 atom stereocenters. The van der Waals surface area contributed by atoms with Gasteiger partial charge in [-0.3, -0.25) is 14.9 Å². The largest absolute Gasteiger partial charge is 0.485 e. The smallest absolute Gasteiger partial charge is 0.269 e. The van der Waals surface area contributed by atoms with Crippen molar-refractivity contribution in [1.82, 2.24) is 19.7 Å². The van der Waals surface area contributed by atoms with Crippen LogP contribution in [0.1, 0.15) is 17.0 Å². The molecule has 0 bridgehead atoms. The SMILES string of the molecule is Cc1ccccc1OCc1nnc(SCC(=O)Nc2ccc3nc(SCc4ccc([N+](=O)[O-])cc4)sc3c2)n1C. The van der Waals surface area contributed by atoms with Gasteiger partial charge < -0.3 is 14.6 Å². The van der Waals surface area contributed by atoms with Gasteiger partial charge in [0.2, 0.25) is 5.91 Å². The highest BCUT2D eigenvalue weighted by Crippen LogP contribution is 2.33. The number of thiazole rings is 1. The topological polar surface area (TPSA) is 125 Å². The van der Waals surface area contributed by atoms with Gasteiger partial charge in [0, 0.05) is 30.6 Å². The molecule has 204 valence electrons. The second-order valence-corrected chi connectivity index (χ2v) is 11.9. The molecule has 0 unspecified atom stereocenters. The Bertz CT molecular complexity index is 1670. The third-order valence-electron chi connectivity index (χ3n) is 5.87.